The zero-order valence-electron chi connectivity index (χ0n) is 21.3. The molecule has 2 bridgehead atoms. The van der Waals surface area contributed by atoms with Gasteiger partial charge in [-0.3, -0.25) is 14.4 Å². The Morgan fingerprint density at radius 3 is 2.70 bits per heavy atom. The fraction of sp³-hybridized carbons (Fsp3) is 0.483. The Kier molecular flexibility index (Phi) is 6.81. The molecule has 0 aromatic heterocycles. The first-order valence-corrected chi connectivity index (χ1v) is 13.1. The molecule has 0 aliphatic carbocycles. The number of aliphatic hydroxyl groups is 1. The van der Waals surface area contributed by atoms with Crippen LogP contribution in [0.25, 0.3) is 10.8 Å². The molecule has 8 nitrogen and oxygen atoms in total. The molecule has 1 N–H and O–H groups in total. The predicted molar refractivity (Wildman–Crippen MR) is 139 cm³/mol. The highest BCUT2D eigenvalue weighted by Gasteiger charge is 2.75. The topological polar surface area (TPSA) is 96.4 Å². The number of nitrogens with zero attached hydrogens (tertiary/aromatic N) is 2. The molecule has 5 rings (SSSR count). The minimum atomic E-state index is -1.14. The summed E-state index contributed by atoms with van der Waals surface area (Å²) >= 11 is 0. The van der Waals surface area contributed by atoms with Crippen molar-refractivity contribution in [2.24, 2.45) is 11.8 Å². The number of hydrogen-bond acceptors (Lipinski definition) is 6. The summed E-state index contributed by atoms with van der Waals surface area (Å²) in [6.45, 7) is 7.60. The van der Waals surface area contributed by atoms with Gasteiger partial charge in [0.15, 0.2) is 0 Å². The molecule has 8 heteroatoms. The van der Waals surface area contributed by atoms with Gasteiger partial charge < -0.3 is 24.4 Å². The van der Waals surface area contributed by atoms with E-state index in [-0.39, 0.29) is 31.6 Å². The van der Waals surface area contributed by atoms with Gasteiger partial charge in [-0.1, -0.05) is 43.3 Å². The number of rotatable bonds is 9. The Morgan fingerprint density at radius 1 is 1.27 bits per heavy atom. The van der Waals surface area contributed by atoms with E-state index >= 15 is 0 Å². The molecule has 3 saturated heterocycles. The quantitative estimate of drug-likeness (QED) is 0.415. The minimum absolute atomic E-state index is 0.200. The van der Waals surface area contributed by atoms with Crippen molar-refractivity contribution < 1.29 is 29.0 Å². The molecule has 3 aliphatic rings. The SMILES string of the molecule is C=CCN(C(=O)C1N([C@@H](CC)CO)C(=O)[C@@H]2[C@H](C(=O)OCC)[C@@H]3CCC12O3)c1ccc2ccccc2c1. The molecule has 3 heterocycles. The van der Waals surface area contributed by atoms with E-state index in [1.165, 1.54) is 4.90 Å². The van der Waals surface area contributed by atoms with Gasteiger partial charge in [0.1, 0.15) is 11.6 Å². The molecule has 2 aromatic carbocycles. The normalized spacial score (nSPS) is 28.8. The van der Waals surface area contributed by atoms with Gasteiger partial charge in [0.2, 0.25) is 5.91 Å². The summed E-state index contributed by atoms with van der Waals surface area (Å²) in [7, 11) is 0. The Morgan fingerprint density at radius 2 is 2.03 bits per heavy atom. The Balaban J connectivity index is 1.60. The maximum atomic E-state index is 14.5. The molecule has 2 aromatic rings. The molecule has 1 spiro atoms. The van der Waals surface area contributed by atoms with E-state index in [2.05, 4.69) is 6.58 Å². The van der Waals surface area contributed by atoms with E-state index in [9.17, 15) is 19.5 Å². The third-order valence-electron chi connectivity index (χ3n) is 8.23. The van der Waals surface area contributed by atoms with Crippen molar-refractivity contribution in [1.29, 1.82) is 0 Å². The maximum Gasteiger partial charge on any atom is 0.312 e. The number of anilines is 1. The summed E-state index contributed by atoms with van der Waals surface area (Å²) in [5, 5.41) is 12.2. The molecule has 196 valence electrons. The first kappa shape index (κ1) is 25.4. The average Bonchev–Trinajstić information content (AvgIpc) is 3.55. The highest BCUT2D eigenvalue weighted by atomic mass is 16.6. The second kappa shape index (κ2) is 9.91. The second-order valence-corrected chi connectivity index (χ2v) is 10.1. The number of hydrogen-bond donors (Lipinski definition) is 1. The summed E-state index contributed by atoms with van der Waals surface area (Å²) in [6, 6.07) is 12.1. The molecular weight excluding hydrogens is 472 g/mol. The van der Waals surface area contributed by atoms with Gasteiger partial charge in [0.05, 0.1) is 37.2 Å². The number of likely N-dealkylation sites (tertiary alicyclic amines) is 1. The Bertz CT molecular complexity index is 1230. The van der Waals surface area contributed by atoms with E-state index < -0.39 is 41.6 Å². The average molecular weight is 507 g/mol. The van der Waals surface area contributed by atoms with E-state index in [4.69, 9.17) is 9.47 Å². The molecule has 2 unspecified atom stereocenters. The van der Waals surface area contributed by atoms with Crippen LogP contribution in [0.5, 0.6) is 0 Å². The van der Waals surface area contributed by atoms with E-state index in [1.807, 2.05) is 49.4 Å². The van der Waals surface area contributed by atoms with Gasteiger partial charge in [-0.05, 0) is 49.1 Å². The van der Waals surface area contributed by atoms with Crippen LogP contribution in [0.4, 0.5) is 5.69 Å². The van der Waals surface area contributed by atoms with E-state index in [1.54, 1.807) is 17.9 Å². The van der Waals surface area contributed by atoms with Crippen LogP contribution >= 0.6 is 0 Å². The summed E-state index contributed by atoms with van der Waals surface area (Å²) < 4.78 is 11.8. The zero-order chi connectivity index (χ0) is 26.3. The lowest BCUT2D eigenvalue weighted by Crippen LogP contribution is -2.59. The molecule has 6 atom stereocenters. The zero-order valence-corrected chi connectivity index (χ0v) is 21.3. The van der Waals surface area contributed by atoms with Crippen LogP contribution in [0.15, 0.2) is 55.1 Å². The standard InChI is InChI=1S/C29H34N2O6/c1-4-15-30(21-12-11-18-9-7-8-10-19(18)16-21)27(34)25-29-14-13-22(37-29)23(28(35)36-6-3)24(29)26(33)31(25)20(5-2)17-32/h4,7-12,16,20,22-25,32H,1,5-6,13-15,17H2,2-3H3/t20-,22-,23+,24-,25?,29?/m0/s1. The summed E-state index contributed by atoms with van der Waals surface area (Å²) in [5.74, 6) is -2.66. The number of esters is 1. The maximum absolute atomic E-state index is 14.5. The number of ether oxygens (including phenoxy) is 2. The van der Waals surface area contributed by atoms with Crippen molar-refractivity contribution >= 4 is 34.2 Å². The van der Waals surface area contributed by atoms with Crippen molar-refractivity contribution in [3.8, 4) is 0 Å². The van der Waals surface area contributed by atoms with Gasteiger partial charge in [0.25, 0.3) is 5.91 Å². The molecule has 3 fully saturated rings. The molecule has 2 amide bonds. The molecule has 3 aliphatic heterocycles. The number of carbonyl (C=O) groups excluding carboxylic acids is 3. The third kappa shape index (κ3) is 3.85. The van der Waals surface area contributed by atoms with Gasteiger partial charge in [0, 0.05) is 12.2 Å². The monoisotopic (exact) mass is 506 g/mol. The van der Waals surface area contributed by atoms with Crippen LogP contribution in [-0.2, 0) is 23.9 Å². The fourth-order valence-electron chi connectivity index (χ4n) is 6.63. The van der Waals surface area contributed by atoms with Crippen LogP contribution in [0.3, 0.4) is 0 Å². The Labute approximate surface area is 216 Å². The van der Waals surface area contributed by atoms with Gasteiger partial charge in [-0.2, -0.15) is 0 Å². The predicted octanol–water partition coefficient (Wildman–Crippen LogP) is 3.07. The minimum Gasteiger partial charge on any atom is -0.466 e. The lowest BCUT2D eigenvalue weighted by Gasteiger charge is -2.39. The number of amides is 2. The van der Waals surface area contributed by atoms with Gasteiger partial charge in [-0.15, -0.1) is 6.58 Å². The van der Waals surface area contributed by atoms with Crippen molar-refractivity contribution in [3.63, 3.8) is 0 Å². The smallest absolute Gasteiger partial charge is 0.312 e. The van der Waals surface area contributed by atoms with Crippen molar-refractivity contribution in [2.45, 2.75) is 56.9 Å². The lowest BCUT2D eigenvalue weighted by atomic mass is 9.70. The lowest BCUT2D eigenvalue weighted by molar-refractivity contribution is -0.155. The third-order valence-corrected chi connectivity index (χ3v) is 8.23. The molecule has 0 radical (unpaired) electrons. The van der Waals surface area contributed by atoms with Crippen LogP contribution < -0.4 is 4.90 Å². The van der Waals surface area contributed by atoms with Crippen LogP contribution in [0.2, 0.25) is 0 Å². The summed E-state index contributed by atoms with van der Waals surface area (Å²) in [6.07, 6.45) is 2.70. The molecular formula is C29H34N2O6. The number of benzene rings is 2. The largest absolute Gasteiger partial charge is 0.466 e. The van der Waals surface area contributed by atoms with Crippen LogP contribution in [0, 0.1) is 11.8 Å². The number of aliphatic hydroxyl groups excluding tert-OH is 1. The Hall–Kier alpha value is -3.23. The second-order valence-electron chi connectivity index (χ2n) is 10.1. The summed E-state index contributed by atoms with van der Waals surface area (Å²) in [5.41, 5.74) is -0.461. The first-order chi connectivity index (χ1) is 17.9. The van der Waals surface area contributed by atoms with Crippen molar-refractivity contribution in [1.82, 2.24) is 4.90 Å². The van der Waals surface area contributed by atoms with E-state index in [0.29, 0.717) is 24.9 Å². The molecule has 0 saturated carbocycles. The molecule has 37 heavy (non-hydrogen) atoms. The van der Waals surface area contributed by atoms with Crippen molar-refractivity contribution in [3.05, 3.63) is 55.1 Å². The number of carbonyl (C=O) groups is 3. The highest BCUT2D eigenvalue weighted by Crippen LogP contribution is 2.59. The van der Waals surface area contributed by atoms with Crippen LogP contribution in [-0.4, -0.2) is 71.3 Å². The highest BCUT2D eigenvalue weighted by molar-refractivity contribution is 6.05. The van der Waals surface area contributed by atoms with Crippen molar-refractivity contribution in [2.75, 3.05) is 24.7 Å². The van der Waals surface area contributed by atoms with E-state index in [0.717, 1.165) is 10.8 Å². The number of fused-ring (bicyclic) bond motifs is 2. The summed E-state index contributed by atoms with van der Waals surface area (Å²) in [4.78, 5) is 44.6. The first-order valence-electron chi connectivity index (χ1n) is 13.1. The fourth-order valence-corrected chi connectivity index (χ4v) is 6.63. The van der Waals surface area contributed by atoms with Gasteiger partial charge in [-0.25, -0.2) is 0 Å². The van der Waals surface area contributed by atoms with Gasteiger partial charge >= 0.3 is 5.97 Å². The van der Waals surface area contributed by atoms with Crippen LogP contribution in [0.1, 0.15) is 33.1 Å².